The van der Waals surface area contributed by atoms with Crippen LogP contribution in [0, 0.1) is 5.92 Å². The summed E-state index contributed by atoms with van der Waals surface area (Å²) >= 11 is 0. The smallest absolute Gasteiger partial charge is 0.326 e. The lowest BCUT2D eigenvalue weighted by molar-refractivity contribution is -0.268. The Hall–Kier alpha value is -3.99. The van der Waals surface area contributed by atoms with Gasteiger partial charge in [-0.15, -0.1) is 0 Å². The molecule has 78 heavy (non-hydrogen) atoms. The van der Waals surface area contributed by atoms with E-state index in [0.29, 0.717) is 25.7 Å². The van der Waals surface area contributed by atoms with Crippen molar-refractivity contribution in [2.24, 2.45) is 17.4 Å². The molecule has 1 heterocycles. The maximum absolute atomic E-state index is 15.4. The summed E-state index contributed by atoms with van der Waals surface area (Å²) in [7, 11) is 0. The first-order chi connectivity index (χ1) is 37.8. The van der Waals surface area contributed by atoms with Gasteiger partial charge < -0.3 is 71.5 Å². The second-order valence-corrected chi connectivity index (χ2v) is 21.6. The van der Waals surface area contributed by atoms with Crippen molar-refractivity contribution in [1.82, 2.24) is 15.5 Å². The van der Waals surface area contributed by atoms with Crippen LogP contribution in [-0.2, 0) is 52.5 Å². The number of primary amides is 1. The summed E-state index contributed by atoms with van der Waals surface area (Å²) in [5.41, 5.74) is 7.82. The molecule has 1 fully saturated rings. The molecule has 1 saturated heterocycles. The third-order valence-electron chi connectivity index (χ3n) is 14.5. The molecule has 12 atom stereocenters. The number of aliphatic hydroxyl groups excluding tert-OH is 4. The Kier molecular flexibility index (Phi) is 38.5. The van der Waals surface area contributed by atoms with E-state index in [0.717, 1.165) is 76.5 Å². The second-order valence-electron chi connectivity index (χ2n) is 21.6. The van der Waals surface area contributed by atoms with Gasteiger partial charge in [0.1, 0.15) is 37.8 Å². The molecular formula is C57H105N5O16. The van der Waals surface area contributed by atoms with Crippen molar-refractivity contribution in [2.75, 3.05) is 19.8 Å². The zero-order valence-electron chi connectivity index (χ0n) is 49.3. The number of unbranched alkanes of at least 4 members (excludes halogenated alkanes) is 24. The van der Waals surface area contributed by atoms with Crippen LogP contribution in [0.15, 0.2) is 0 Å². The van der Waals surface area contributed by atoms with Gasteiger partial charge in [-0.05, 0) is 40.0 Å². The number of aliphatic carboxylic acids is 1. The Balaban J connectivity index is 3.62. The van der Waals surface area contributed by atoms with E-state index in [1.54, 1.807) is 0 Å². The van der Waals surface area contributed by atoms with E-state index >= 15 is 4.79 Å². The summed E-state index contributed by atoms with van der Waals surface area (Å²) in [6, 6.07) is -6.08. The van der Waals surface area contributed by atoms with Crippen LogP contribution >= 0.6 is 0 Å². The lowest BCUT2D eigenvalue weighted by Crippen LogP contribution is -2.65. The number of carboxylic acids is 1. The standard InChI is InChI=1S/C57H105N5O16/c1-7-9-11-13-15-17-19-21-23-25-27-29-31-33-47(66)76-46(38-64)51(78-48(67)34-32-30-28-26-24-22-20-18-16-14-12-10-8-2)43(35-44(53(59)69)61-54(70)40(4)58)55(71)62(41(5)56(72)73)36-39(3)75-52-49(60-42(6)65)57(74)77-45(37-63)50(52)68/h39-41,43-46,49-52,57,63-64,68,74H,7-38,58H2,1-6H3,(H2,59,69)(H,60,65)(H,61,70)(H,72,73)/t39?,40-,41-,43?,44-,45+,46-,49+,50+,51?,52+,57-/m0/s1/i/hD. The van der Waals surface area contributed by atoms with Gasteiger partial charge in [0, 0.05) is 26.3 Å². The number of nitrogens with zero attached hydrogens (tertiary/aromatic N) is 1. The van der Waals surface area contributed by atoms with Crippen molar-refractivity contribution < 1.29 is 79.5 Å². The number of aliphatic hydroxyl groups is 4. The van der Waals surface area contributed by atoms with Gasteiger partial charge in [-0.3, -0.25) is 28.8 Å². The molecule has 0 aromatic heterocycles. The van der Waals surface area contributed by atoms with Crippen LogP contribution in [0.4, 0.5) is 0 Å². The summed E-state index contributed by atoms with van der Waals surface area (Å²) in [4.78, 5) is 95.2. The highest BCUT2D eigenvalue weighted by atomic mass is 16.6. The fourth-order valence-corrected chi connectivity index (χ4v) is 9.82. The Morgan fingerprint density at radius 1 is 0.692 bits per heavy atom. The van der Waals surface area contributed by atoms with E-state index in [9.17, 15) is 54.3 Å². The molecule has 1 aliphatic heterocycles. The van der Waals surface area contributed by atoms with Crippen molar-refractivity contribution in [3.8, 4) is 0 Å². The Morgan fingerprint density at radius 2 is 1.14 bits per heavy atom. The fraction of sp³-hybridized carbons (Fsp3) is 0.877. The van der Waals surface area contributed by atoms with Gasteiger partial charge in [0.2, 0.25) is 23.6 Å². The van der Waals surface area contributed by atoms with Crippen LogP contribution in [0.2, 0.25) is 1.41 Å². The molecule has 1 aliphatic rings. The van der Waals surface area contributed by atoms with Crippen LogP contribution < -0.4 is 22.1 Å². The highest BCUT2D eigenvalue weighted by Gasteiger charge is 2.48. The predicted molar refractivity (Wildman–Crippen MR) is 295 cm³/mol. The minimum Gasteiger partial charge on any atom is -0.480 e. The summed E-state index contributed by atoms with van der Waals surface area (Å²) in [5.74, 6) is -8.92. The zero-order valence-corrected chi connectivity index (χ0v) is 48.3. The minimum absolute atomic E-state index is 0.0924. The first-order valence-corrected chi connectivity index (χ1v) is 29.6. The number of nitrogens with two attached hydrogens (primary N) is 2. The lowest BCUT2D eigenvalue weighted by atomic mass is 9.88. The number of carbonyl (C=O) groups is 7. The van der Waals surface area contributed by atoms with E-state index in [1.807, 2.05) is 5.73 Å². The van der Waals surface area contributed by atoms with Crippen molar-refractivity contribution in [1.29, 1.82) is 0 Å². The molecule has 0 aliphatic carbocycles. The van der Waals surface area contributed by atoms with Crippen molar-refractivity contribution >= 4 is 41.5 Å². The number of carbonyl (C=O) groups excluding carboxylic acids is 6. The van der Waals surface area contributed by atoms with Gasteiger partial charge in [0.15, 0.2) is 18.5 Å². The molecule has 0 aromatic rings. The molecule has 21 nitrogen and oxygen atoms in total. The van der Waals surface area contributed by atoms with Crippen molar-refractivity contribution in [3.63, 3.8) is 0 Å². The summed E-state index contributed by atoms with van der Waals surface area (Å²) in [6.07, 6.45) is 15.2. The zero-order chi connectivity index (χ0) is 59.1. The number of esters is 2. The number of carboxylic acid groups (broad SMARTS) is 1. The molecule has 454 valence electrons. The molecule has 3 unspecified atom stereocenters. The Bertz CT molecular complexity index is 1720. The van der Waals surface area contributed by atoms with E-state index in [1.165, 1.54) is 97.3 Å². The first-order valence-electron chi connectivity index (χ1n) is 30.1. The van der Waals surface area contributed by atoms with Crippen LogP contribution in [0.25, 0.3) is 0 Å². The lowest BCUT2D eigenvalue weighted by Gasteiger charge is -2.44. The van der Waals surface area contributed by atoms with E-state index in [2.05, 4.69) is 24.5 Å². The highest BCUT2D eigenvalue weighted by molar-refractivity contribution is 5.90. The topological polar surface area (TPSA) is 337 Å². The number of hydrogen-bond acceptors (Lipinski definition) is 16. The van der Waals surface area contributed by atoms with Crippen molar-refractivity contribution in [3.05, 3.63) is 0 Å². The van der Waals surface area contributed by atoms with E-state index in [4.69, 9.17) is 26.1 Å². The highest BCUT2D eigenvalue weighted by Crippen LogP contribution is 2.29. The average Bonchev–Trinajstić information content (AvgIpc) is 3.42. The van der Waals surface area contributed by atoms with E-state index in [-0.39, 0.29) is 12.8 Å². The molecule has 0 radical (unpaired) electrons. The molecule has 0 saturated carbocycles. The maximum Gasteiger partial charge on any atom is 0.326 e. The quantitative estimate of drug-likeness (QED) is 0.0259. The monoisotopic (exact) mass is 1120 g/mol. The molecule has 11 N–H and O–H groups in total. The largest absolute Gasteiger partial charge is 0.480 e. The molecule has 0 bridgehead atoms. The third-order valence-corrected chi connectivity index (χ3v) is 14.5. The molecule has 4 amide bonds. The third kappa shape index (κ3) is 30.0. The number of rotatable bonds is 48. The Morgan fingerprint density at radius 3 is 1.54 bits per heavy atom. The van der Waals surface area contributed by atoms with Gasteiger partial charge in [-0.2, -0.15) is 0 Å². The number of nitrogens with one attached hydrogen (secondary N) is 2. The number of hydrogen-bond donors (Lipinski definition) is 9. The Labute approximate surface area is 467 Å². The SMILES string of the molecule is [2H]N[C@@H](C)C(=O)N[C@@H](CC(C(=O)N(CC(C)O[C@H]1[C@H](O)[C@@H](CO)O[C@H](O)[C@@H]1NC(C)=O)[C@@H](C)C(=O)O)C(OC(=O)CCCCCCCCCCCCCCC)[C@H](CO)OC(=O)CCCCCCCCCCCCCCC)C(N)=O. The van der Waals surface area contributed by atoms with Gasteiger partial charge in [-0.25, -0.2) is 4.79 Å². The summed E-state index contributed by atoms with van der Waals surface area (Å²) in [6.45, 7) is 6.98. The first kappa shape index (κ1) is 70.1. The molecule has 0 aromatic carbocycles. The molecule has 0 spiro atoms. The van der Waals surface area contributed by atoms with Crippen LogP contribution in [0.1, 0.15) is 228 Å². The van der Waals surface area contributed by atoms with Crippen LogP contribution in [-0.4, -0.2) is 159 Å². The predicted octanol–water partition coefficient (Wildman–Crippen LogP) is 5.74. The van der Waals surface area contributed by atoms with Crippen LogP contribution in [0.5, 0.6) is 0 Å². The summed E-state index contributed by atoms with van der Waals surface area (Å²) < 4.78 is 30.8. The molecular weight excluding hydrogens is 1010 g/mol. The average molecular weight is 1120 g/mol. The van der Waals surface area contributed by atoms with Gasteiger partial charge >= 0.3 is 17.9 Å². The molecule has 1 rings (SSSR count). The summed E-state index contributed by atoms with van der Waals surface area (Å²) in [5, 5.41) is 58.1. The van der Waals surface area contributed by atoms with Crippen LogP contribution in [0.3, 0.4) is 0 Å². The molecule has 21 heteroatoms. The fourth-order valence-electron chi connectivity index (χ4n) is 9.82. The minimum atomic E-state index is -1.91. The van der Waals surface area contributed by atoms with Crippen molar-refractivity contribution in [2.45, 2.75) is 295 Å². The van der Waals surface area contributed by atoms with Gasteiger partial charge in [0.05, 0.1) is 31.3 Å². The van der Waals surface area contributed by atoms with Gasteiger partial charge in [0.25, 0.3) is 0 Å². The maximum atomic E-state index is 15.4. The number of amides is 4. The van der Waals surface area contributed by atoms with E-state index < -0.39 is 141 Å². The number of ether oxygens (including phenoxy) is 4. The normalized spacial score (nSPS) is 20.2. The second kappa shape index (κ2) is 42.8. The van der Waals surface area contributed by atoms with Gasteiger partial charge in [-0.1, -0.05) is 168 Å².